The lowest BCUT2D eigenvalue weighted by Crippen LogP contribution is -2.26. The van der Waals surface area contributed by atoms with Crippen LogP contribution in [0.25, 0.3) is 0 Å². The summed E-state index contributed by atoms with van der Waals surface area (Å²) in [6, 6.07) is 10.6. The second-order valence-corrected chi connectivity index (χ2v) is 6.61. The van der Waals surface area contributed by atoms with Crippen molar-refractivity contribution in [2.45, 2.75) is 17.0 Å². The van der Waals surface area contributed by atoms with Crippen LogP contribution in [0.2, 0.25) is 0 Å². The monoisotopic (exact) mass is 375 g/mol. The number of benzene rings is 2. The summed E-state index contributed by atoms with van der Waals surface area (Å²) in [7, 11) is -4.58. The van der Waals surface area contributed by atoms with Gasteiger partial charge in [-0.15, -0.1) is 0 Å². The average Bonchev–Trinajstić information content (AvgIpc) is 2.54. The van der Waals surface area contributed by atoms with Gasteiger partial charge in [0.05, 0.1) is 11.5 Å². The fourth-order valence-corrected chi connectivity index (χ4v) is 3.00. The molecule has 0 aliphatic carbocycles. The Morgan fingerprint density at radius 3 is 2.28 bits per heavy atom. The van der Waals surface area contributed by atoms with Crippen molar-refractivity contribution < 1.29 is 30.7 Å². The van der Waals surface area contributed by atoms with Gasteiger partial charge in [-0.3, -0.25) is 14.3 Å². The molecule has 134 valence electrons. The van der Waals surface area contributed by atoms with Crippen molar-refractivity contribution in [1.82, 2.24) is 0 Å². The molecule has 0 fully saturated rings. The van der Waals surface area contributed by atoms with Crippen LogP contribution < -0.4 is 0 Å². The number of nitrogens with zero attached hydrogens (tertiary/aromatic N) is 1. The number of alkyl halides is 3. The molecule has 0 radical (unpaired) electrons. The zero-order valence-electron chi connectivity index (χ0n) is 12.5. The van der Waals surface area contributed by atoms with Crippen LogP contribution in [0.15, 0.2) is 59.5 Å². The Morgan fingerprint density at radius 2 is 1.72 bits per heavy atom. The standard InChI is InChI=1S/C15H12F3NO5S/c16-15(17,18)14(11-5-2-1-3-6-11)10-24-25(22,23)13-8-4-7-12(9-13)19(20)21/h1-9,14H,10H2/t14-/m0/s1. The van der Waals surface area contributed by atoms with E-state index in [1.165, 1.54) is 30.3 Å². The second-order valence-electron chi connectivity index (χ2n) is 5.00. The number of non-ortho nitro benzene ring substituents is 1. The van der Waals surface area contributed by atoms with Gasteiger partial charge in [0.25, 0.3) is 15.8 Å². The van der Waals surface area contributed by atoms with Gasteiger partial charge in [0, 0.05) is 12.1 Å². The molecule has 0 spiro atoms. The van der Waals surface area contributed by atoms with Crippen LogP contribution in [0.4, 0.5) is 18.9 Å². The number of nitro benzene ring substituents is 1. The largest absolute Gasteiger partial charge is 0.398 e. The fraction of sp³-hybridized carbons (Fsp3) is 0.200. The number of halogens is 3. The van der Waals surface area contributed by atoms with E-state index in [0.717, 1.165) is 24.3 Å². The van der Waals surface area contributed by atoms with E-state index < -0.39 is 44.3 Å². The summed E-state index contributed by atoms with van der Waals surface area (Å²) in [4.78, 5) is 9.28. The number of hydrogen-bond acceptors (Lipinski definition) is 5. The van der Waals surface area contributed by atoms with Crippen LogP contribution in [0.3, 0.4) is 0 Å². The van der Waals surface area contributed by atoms with E-state index in [-0.39, 0.29) is 5.56 Å². The van der Waals surface area contributed by atoms with E-state index in [0.29, 0.717) is 0 Å². The summed E-state index contributed by atoms with van der Waals surface area (Å²) >= 11 is 0. The minimum absolute atomic E-state index is 0.149. The lowest BCUT2D eigenvalue weighted by Gasteiger charge is -2.20. The summed E-state index contributed by atoms with van der Waals surface area (Å²) in [5, 5.41) is 10.7. The number of hydrogen-bond donors (Lipinski definition) is 0. The molecule has 0 amide bonds. The molecule has 0 heterocycles. The second kappa shape index (κ2) is 7.19. The summed E-state index contributed by atoms with van der Waals surface area (Å²) < 4.78 is 68.2. The van der Waals surface area contributed by atoms with E-state index in [4.69, 9.17) is 0 Å². The van der Waals surface area contributed by atoms with Gasteiger partial charge in [-0.1, -0.05) is 36.4 Å². The summed E-state index contributed by atoms with van der Waals surface area (Å²) in [5.41, 5.74) is -0.663. The molecule has 0 aliphatic heterocycles. The van der Waals surface area contributed by atoms with Gasteiger partial charge in [-0.05, 0) is 11.6 Å². The van der Waals surface area contributed by atoms with Gasteiger partial charge < -0.3 is 0 Å². The molecule has 2 rings (SSSR count). The summed E-state index contributed by atoms with van der Waals surface area (Å²) in [6.45, 7) is -1.17. The molecule has 0 unspecified atom stereocenters. The van der Waals surface area contributed by atoms with E-state index in [1.807, 2.05) is 0 Å². The third kappa shape index (κ3) is 4.77. The highest BCUT2D eigenvalue weighted by Crippen LogP contribution is 2.35. The normalized spacial score (nSPS) is 13.4. The maximum Gasteiger partial charge on any atom is 0.398 e. The van der Waals surface area contributed by atoms with Crippen LogP contribution >= 0.6 is 0 Å². The van der Waals surface area contributed by atoms with E-state index in [2.05, 4.69) is 4.18 Å². The molecule has 10 heteroatoms. The quantitative estimate of drug-likeness (QED) is 0.437. The highest BCUT2D eigenvalue weighted by Gasteiger charge is 2.42. The van der Waals surface area contributed by atoms with Crippen LogP contribution in [-0.2, 0) is 14.3 Å². The Labute approximate surface area is 141 Å². The Balaban J connectivity index is 2.25. The van der Waals surface area contributed by atoms with Crippen molar-refractivity contribution in [3.8, 4) is 0 Å². The first-order chi connectivity index (χ1) is 11.6. The molecule has 0 aromatic heterocycles. The number of nitro groups is 1. The molecule has 6 nitrogen and oxygen atoms in total. The molecule has 2 aromatic rings. The minimum atomic E-state index is -4.72. The first-order valence-electron chi connectivity index (χ1n) is 6.87. The molecule has 0 aliphatic rings. The molecule has 0 bridgehead atoms. The third-order valence-electron chi connectivity index (χ3n) is 3.30. The van der Waals surface area contributed by atoms with Gasteiger partial charge in [0.2, 0.25) is 0 Å². The fourth-order valence-electron chi connectivity index (χ4n) is 2.04. The molecular weight excluding hydrogens is 363 g/mol. The predicted octanol–water partition coefficient (Wildman–Crippen LogP) is 3.65. The lowest BCUT2D eigenvalue weighted by atomic mass is 10.00. The molecule has 25 heavy (non-hydrogen) atoms. The van der Waals surface area contributed by atoms with Gasteiger partial charge >= 0.3 is 6.18 Å². The third-order valence-corrected chi connectivity index (χ3v) is 4.58. The van der Waals surface area contributed by atoms with Crippen LogP contribution in [0.1, 0.15) is 11.5 Å². The summed E-state index contributed by atoms with van der Waals surface area (Å²) in [6.07, 6.45) is -4.72. The van der Waals surface area contributed by atoms with Crippen LogP contribution in [0, 0.1) is 10.1 Å². The maximum absolute atomic E-state index is 13.2. The van der Waals surface area contributed by atoms with E-state index >= 15 is 0 Å². The van der Waals surface area contributed by atoms with Gasteiger partial charge in [0.15, 0.2) is 0 Å². The van der Waals surface area contributed by atoms with Crippen molar-refractivity contribution in [2.24, 2.45) is 0 Å². The molecule has 0 saturated carbocycles. The van der Waals surface area contributed by atoms with E-state index in [1.54, 1.807) is 0 Å². The summed E-state index contributed by atoms with van der Waals surface area (Å²) in [5.74, 6) is -2.15. The van der Waals surface area contributed by atoms with Gasteiger partial charge in [-0.25, -0.2) is 0 Å². The average molecular weight is 375 g/mol. The van der Waals surface area contributed by atoms with Gasteiger partial charge in [-0.2, -0.15) is 21.6 Å². The smallest absolute Gasteiger partial charge is 0.265 e. The van der Waals surface area contributed by atoms with Gasteiger partial charge in [0.1, 0.15) is 10.8 Å². The number of rotatable bonds is 6. The Kier molecular flexibility index (Phi) is 5.43. The molecule has 1 atom stereocenters. The van der Waals surface area contributed by atoms with Crippen molar-refractivity contribution >= 4 is 15.8 Å². The Bertz CT molecular complexity index is 853. The van der Waals surface area contributed by atoms with Crippen molar-refractivity contribution in [3.05, 3.63) is 70.3 Å². The van der Waals surface area contributed by atoms with Crippen molar-refractivity contribution in [3.63, 3.8) is 0 Å². The molecule has 2 aromatic carbocycles. The zero-order chi connectivity index (χ0) is 18.7. The van der Waals surface area contributed by atoms with Crippen molar-refractivity contribution in [1.29, 1.82) is 0 Å². The van der Waals surface area contributed by atoms with Crippen LogP contribution in [-0.4, -0.2) is 26.1 Å². The van der Waals surface area contributed by atoms with Crippen LogP contribution in [0.5, 0.6) is 0 Å². The molecular formula is C15H12F3NO5S. The Hall–Kier alpha value is -2.46. The lowest BCUT2D eigenvalue weighted by molar-refractivity contribution is -0.385. The van der Waals surface area contributed by atoms with Crippen molar-refractivity contribution in [2.75, 3.05) is 6.61 Å². The first kappa shape index (κ1) is 18.9. The highest BCUT2D eigenvalue weighted by molar-refractivity contribution is 7.86. The maximum atomic E-state index is 13.2. The predicted molar refractivity (Wildman–Crippen MR) is 81.5 cm³/mol. The molecule has 0 saturated heterocycles. The first-order valence-corrected chi connectivity index (χ1v) is 8.27. The van der Waals surface area contributed by atoms with E-state index in [9.17, 15) is 31.7 Å². The topological polar surface area (TPSA) is 86.5 Å². The SMILES string of the molecule is O=[N+]([O-])c1cccc(S(=O)(=O)OC[C@@H](c2ccccc2)C(F)(F)F)c1. The molecule has 0 N–H and O–H groups in total. The minimum Gasteiger partial charge on any atom is -0.265 e. The zero-order valence-corrected chi connectivity index (χ0v) is 13.3. The highest BCUT2D eigenvalue weighted by atomic mass is 32.2. The Morgan fingerprint density at radius 1 is 1.08 bits per heavy atom.